The summed E-state index contributed by atoms with van der Waals surface area (Å²) < 4.78 is 2.44. The van der Waals surface area contributed by atoms with E-state index in [-0.39, 0.29) is 5.56 Å². The lowest BCUT2D eigenvalue weighted by Crippen LogP contribution is -2.16. The van der Waals surface area contributed by atoms with Crippen molar-refractivity contribution in [1.29, 1.82) is 5.41 Å². The Kier molecular flexibility index (Phi) is 5.14. The first-order valence-electron chi connectivity index (χ1n) is 8.46. The van der Waals surface area contributed by atoms with Gasteiger partial charge in [-0.3, -0.25) is 9.89 Å². The highest BCUT2D eigenvalue weighted by molar-refractivity contribution is 7.20. The van der Waals surface area contributed by atoms with Gasteiger partial charge in [0.1, 0.15) is 0 Å². The molecule has 26 heavy (non-hydrogen) atoms. The van der Waals surface area contributed by atoms with Crippen molar-refractivity contribution in [3.63, 3.8) is 0 Å². The van der Waals surface area contributed by atoms with Gasteiger partial charge in [0, 0.05) is 11.8 Å². The molecular weight excluding hydrogens is 344 g/mol. The fraction of sp³-hybridized carbons (Fsp3) is 0.150. The number of hydrogen-bond acceptors (Lipinski definition) is 4. The first kappa shape index (κ1) is 17.8. The lowest BCUT2D eigenvalue weighted by molar-refractivity contribution is 0.845. The summed E-state index contributed by atoms with van der Waals surface area (Å²) in [5.41, 5.74) is 3.54. The van der Waals surface area contributed by atoms with Crippen LogP contribution in [0, 0.1) is 12.3 Å². The van der Waals surface area contributed by atoms with Crippen LogP contribution in [0.2, 0.25) is 0 Å². The first-order chi connectivity index (χ1) is 12.7. The smallest absolute Gasteiger partial charge is 0.282 e. The van der Waals surface area contributed by atoms with Gasteiger partial charge in [0.2, 0.25) is 5.13 Å². The van der Waals surface area contributed by atoms with Crippen molar-refractivity contribution in [1.82, 2.24) is 14.8 Å². The number of nitrogens with one attached hydrogen (secondary N) is 2. The molecule has 0 fully saturated rings. The van der Waals surface area contributed by atoms with Crippen molar-refractivity contribution in [3.05, 3.63) is 70.0 Å². The highest BCUT2D eigenvalue weighted by Gasteiger charge is 2.17. The van der Waals surface area contributed by atoms with E-state index < -0.39 is 0 Å². The number of aryl methyl sites for hydroxylation is 1. The topological polar surface area (TPSA) is 74.5 Å². The zero-order valence-electron chi connectivity index (χ0n) is 14.9. The fourth-order valence-electron chi connectivity index (χ4n) is 2.70. The molecule has 4 rings (SSSR count). The SMILES string of the molecule is CC.Cc1cccc(-c2[nH]n(-c3nc4ccccc4s3)c(=O)c2C=N)c1. The standard InChI is InChI=1S/C18H14N4OS.C2H6/c1-11-5-4-6-12(9-11)16-13(10-19)17(23)22(21-16)18-20-14-7-2-3-8-15(14)24-18;1-2/h2-10,19,21H,1H3;1-2H3. The number of benzene rings is 2. The molecule has 2 N–H and O–H groups in total. The van der Waals surface area contributed by atoms with Gasteiger partial charge in [-0.15, -0.1) is 0 Å². The second-order valence-corrected chi connectivity index (χ2v) is 6.53. The van der Waals surface area contributed by atoms with Crippen LogP contribution >= 0.6 is 11.3 Å². The van der Waals surface area contributed by atoms with E-state index in [0.29, 0.717) is 16.4 Å². The van der Waals surface area contributed by atoms with E-state index in [2.05, 4.69) is 10.1 Å². The second-order valence-electron chi connectivity index (χ2n) is 5.52. The van der Waals surface area contributed by atoms with Gasteiger partial charge in [-0.1, -0.05) is 61.1 Å². The van der Waals surface area contributed by atoms with Crippen molar-refractivity contribution in [2.75, 3.05) is 0 Å². The number of H-pyrrole nitrogens is 1. The summed E-state index contributed by atoms with van der Waals surface area (Å²) in [7, 11) is 0. The van der Waals surface area contributed by atoms with Gasteiger partial charge in [0.05, 0.1) is 21.5 Å². The Morgan fingerprint density at radius 1 is 1.15 bits per heavy atom. The molecule has 0 saturated heterocycles. The zero-order valence-corrected chi connectivity index (χ0v) is 15.7. The van der Waals surface area contributed by atoms with Crippen LogP contribution in [-0.4, -0.2) is 21.0 Å². The summed E-state index contributed by atoms with van der Waals surface area (Å²) in [6, 6.07) is 15.6. The number of nitrogens with zero attached hydrogens (tertiary/aromatic N) is 2. The number of aromatic amines is 1. The minimum absolute atomic E-state index is 0.263. The van der Waals surface area contributed by atoms with Gasteiger partial charge >= 0.3 is 0 Å². The van der Waals surface area contributed by atoms with E-state index in [1.807, 2.05) is 69.3 Å². The largest absolute Gasteiger partial charge is 0.308 e. The number of hydrogen-bond donors (Lipinski definition) is 2. The molecule has 5 nitrogen and oxygen atoms in total. The lowest BCUT2D eigenvalue weighted by Gasteiger charge is -2.01. The predicted molar refractivity (Wildman–Crippen MR) is 109 cm³/mol. The fourth-order valence-corrected chi connectivity index (χ4v) is 3.62. The maximum atomic E-state index is 12.7. The van der Waals surface area contributed by atoms with Gasteiger partial charge in [-0.05, 0) is 25.1 Å². The van der Waals surface area contributed by atoms with E-state index in [0.717, 1.165) is 27.6 Å². The quantitative estimate of drug-likeness (QED) is 0.514. The summed E-state index contributed by atoms with van der Waals surface area (Å²) in [6.07, 6.45) is 1.10. The van der Waals surface area contributed by atoms with Crippen LogP contribution < -0.4 is 5.56 Å². The molecule has 0 aliphatic carbocycles. The Morgan fingerprint density at radius 2 is 1.92 bits per heavy atom. The van der Waals surface area contributed by atoms with Crippen molar-refractivity contribution in [2.45, 2.75) is 20.8 Å². The van der Waals surface area contributed by atoms with E-state index in [4.69, 9.17) is 5.41 Å². The maximum absolute atomic E-state index is 12.7. The van der Waals surface area contributed by atoms with Crippen LogP contribution in [0.1, 0.15) is 25.0 Å². The summed E-state index contributed by atoms with van der Waals surface area (Å²) in [5.74, 6) is 0. The number of rotatable bonds is 3. The molecule has 0 amide bonds. The average molecular weight is 364 g/mol. The van der Waals surface area contributed by atoms with Gasteiger partial charge in [0.15, 0.2) is 0 Å². The van der Waals surface area contributed by atoms with Crippen molar-refractivity contribution < 1.29 is 0 Å². The summed E-state index contributed by atoms with van der Waals surface area (Å²) in [5, 5.41) is 11.3. The number of para-hydroxylation sites is 1. The Bertz CT molecular complexity index is 1090. The van der Waals surface area contributed by atoms with Crippen molar-refractivity contribution >= 4 is 27.8 Å². The van der Waals surface area contributed by atoms with Crippen molar-refractivity contribution in [2.24, 2.45) is 0 Å². The Labute approximate surface area is 155 Å². The van der Waals surface area contributed by atoms with Crippen LogP contribution in [0.15, 0.2) is 53.3 Å². The third-order valence-electron chi connectivity index (χ3n) is 3.85. The molecular formula is C20H20N4OS. The number of aromatic nitrogens is 3. The normalized spacial score (nSPS) is 10.4. The first-order valence-corrected chi connectivity index (χ1v) is 9.27. The van der Waals surface area contributed by atoms with Crippen LogP contribution in [-0.2, 0) is 0 Å². The second kappa shape index (κ2) is 7.49. The number of thiazole rings is 1. The van der Waals surface area contributed by atoms with E-state index in [1.165, 1.54) is 16.0 Å². The molecule has 4 aromatic rings. The van der Waals surface area contributed by atoms with Gasteiger partial charge in [0.25, 0.3) is 5.56 Å². The van der Waals surface area contributed by atoms with Gasteiger partial charge < -0.3 is 5.41 Å². The lowest BCUT2D eigenvalue weighted by atomic mass is 10.1. The zero-order chi connectivity index (χ0) is 18.7. The minimum Gasteiger partial charge on any atom is -0.308 e. The molecule has 2 heterocycles. The Balaban J connectivity index is 0.000000948. The molecule has 0 atom stereocenters. The minimum atomic E-state index is -0.263. The van der Waals surface area contributed by atoms with Crippen LogP contribution in [0.3, 0.4) is 0 Å². The molecule has 2 aromatic heterocycles. The van der Waals surface area contributed by atoms with Crippen molar-refractivity contribution in [3.8, 4) is 16.4 Å². The van der Waals surface area contributed by atoms with Crippen LogP contribution in [0.4, 0.5) is 0 Å². The molecule has 0 spiro atoms. The highest BCUT2D eigenvalue weighted by atomic mass is 32.1. The monoisotopic (exact) mass is 364 g/mol. The summed E-state index contributed by atoms with van der Waals surface area (Å²) in [6.45, 7) is 6.00. The molecule has 6 heteroatoms. The molecule has 0 unspecified atom stereocenters. The van der Waals surface area contributed by atoms with E-state index in [9.17, 15) is 4.79 Å². The van der Waals surface area contributed by atoms with E-state index in [1.54, 1.807) is 0 Å². The molecule has 0 saturated carbocycles. The maximum Gasteiger partial charge on any atom is 0.282 e. The molecule has 0 bridgehead atoms. The summed E-state index contributed by atoms with van der Waals surface area (Å²) in [4.78, 5) is 17.2. The molecule has 132 valence electrons. The van der Waals surface area contributed by atoms with Gasteiger partial charge in [-0.25, -0.2) is 4.98 Å². The van der Waals surface area contributed by atoms with E-state index >= 15 is 0 Å². The average Bonchev–Trinajstić information content (AvgIpc) is 3.23. The third-order valence-corrected chi connectivity index (χ3v) is 4.87. The third kappa shape index (κ3) is 3.11. The van der Waals surface area contributed by atoms with Crippen LogP contribution in [0.25, 0.3) is 26.6 Å². The van der Waals surface area contributed by atoms with Crippen LogP contribution in [0.5, 0.6) is 0 Å². The molecule has 0 radical (unpaired) electrons. The predicted octanol–water partition coefficient (Wildman–Crippen LogP) is 4.77. The highest BCUT2D eigenvalue weighted by Crippen LogP contribution is 2.25. The molecule has 2 aromatic carbocycles. The summed E-state index contributed by atoms with van der Waals surface area (Å²) >= 11 is 1.44. The Morgan fingerprint density at radius 3 is 2.62 bits per heavy atom. The molecule has 0 aliphatic heterocycles. The Hall–Kier alpha value is -2.99. The molecule has 0 aliphatic rings. The number of fused-ring (bicyclic) bond motifs is 1. The van der Waals surface area contributed by atoms with Gasteiger partial charge in [-0.2, -0.15) is 4.68 Å².